The molecule has 1 aliphatic heterocycles. The van der Waals surface area contributed by atoms with Crippen LogP contribution in [-0.4, -0.2) is 29.1 Å². The molecule has 4 heteroatoms. The first kappa shape index (κ1) is 13.3. The third kappa shape index (κ3) is 3.93. The van der Waals surface area contributed by atoms with Crippen molar-refractivity contribution < 1.29 is 14.3 Å². The second-order valence-electron chi connectivity index (χ2n) is 4.86. The van der Waals surface area contributed by atoms with Crippen LogP contribution in [0.5, 0.6) is 0 Å². The highest BCUT2D eigenvalue weighted by molar-refractivity contribution is 5.72. The summed E-state index contributed by atoms with van der Waals surface area (Å²) < 4.78 is 5.27. The van der Waals surface area contributed by atoms with E-state index in [1.807, 2.05) is 5.94 Å². The van der Waals surface area contributed by atoms with E-state index in [-0.39, 0.29) is 6.54 Å². The highest BCUT2D eigenvalue weighted by Crippen LogP contribution is 2.17. The van der Waals surface area contributed by atoms with Gasteiger partial charge in [0.2, 0.25) is 0 Å². The van der Waals surface area contributed by atoms with Gasteiger partial charge in [0.1, 0.15) is 11.5 Å². The summed E-state index contributed by atoms with van der Waals surface area (Å²) in [5, 5.41) is 0. The van der Waals surface area contributed by atoms with Crippen LogP contribution in [0.15, 0.2) is 29.5 Å². The molecule has 0 saturated carbocycles. The second kappa shape index (κ2) is 5.02. The van der Waals surface area contributed by atoms with Gasteiger partial charge in [-0.1, -0.05) is 6.08 Å². The molecular weight excluding hydrogens is 218 g/mol. The molecule has 0 aromatic rings. The zero-order valence-corrected chi connectivity index (χ0v) is 10.6. The molecule has 4 nitrogen and oxygen atoms in total. The van der Waals surface area contributed by atoms with Crippen molar-refractivity contribution >= 4 is 12.0 Å². The molecule has 0 spiro atoms. The number of carbonyl (C=O) groups excluding carboxylic acids is 2. The second-order valence-corrected chi connectivity index (χ2v) is 4.86. The minimum atomic E-state index is -0.553. The van der Waals surface area contributed by atoms with Crippen molar-refractivity contribution in [2.24, 2.45) is 0 Å². The largest absolute Gasteiger partial charge is 0.443 e. The number of nitrogens with zero attached hydrogens (tertiary/aromatic N) is 1. The Kier molecular flexibility index (Phi) is 3.92. The summed E-state index contributed by atoms with van der Waals surface area (Å²) >= 11 is 0. The van der Waals surface area contributed by atoms with Gasteiger partial charge in [0.15, 0.2) is 0 Å². The minimum Gasteiger partial charge on any atom is -0.443 e. The molecule has 0 aromatic heterocycles. The SMILES string of the molecule is CC1=CC=CC(=C=O)CN1C(=O)OC(C)(C)C. The molecular formula is C13H17NO3. The molecule has 92 valence electrons. The highest BCUT2D eigenvalue weighted by Gasteiger charge is 2.24. The summed E-state index contributed by atoms with van der Waals surface area (Å²) in [6, 6.07) is 0. The molecule has 1 aliphatic rings. The molecule has 1 amide bonds. The predicted molar refractivity (Wildman–Crippen MR) is 65.0 cm³/mol. The topological polar surface area (TPSA) is 46.6 Å². The molecule has 1 rings (SSSR count). The number of ether oxygens (including phenoxy) is 1. The lowest BCUT2D eigenvalue weighted by Gasteiger charge is -2.27. The molecule has 0 bridgehead atoms. The molecule has 1 heterocycles. The zero-order chi connectivity index (χ0) is 13.1. The summed E-state index contributed by atoms with van der Waals surface area (Å²) in [5.41, 5.74) is 0.604. The summed E-state index contributed by atoms with van der Waals surface area (Å²) in [7, 11) is 0. The van der Waals surface area contributed by atoms with Gasteiger partial charge in [-0.15, -0.1) is 0 Å². The maximum Gasteiger partial charge on any atom is 0.414 e. The molecule has 0 aromatic carbocycles. The summed E-state index contributed by atoms with van der Waals surface area (Å²) in [4.78, 5) is 24.0. The molecule has 17 heavy (non-hydrogen) atoms. The Morgan fingerprint density at radius 3 is 2.65 bits per heavy atom. The summed E-state index contributed by atoms with van der Waals surface area (Å²) in [6.07, 6.45) is 4.66. The van der Waals surface area contributed by atoms with Crippen molar-refractivity contribution in [2.75, 3.05) is 6.54 Å². The van der Waals surface area contributed by atoms with Crippen molar-refractivity contribution in [3.63, 3.8) is 0 Å². The third-order valence-electron chi connectivity index (χ3n) is 2.13. The van der Waals surface area contributed by atoms with Crippen LogP contribution >= 0.6 is 0 Å². The maximum absolute atomic E-state index is 11.9. The van der Waals surface area contributed by atoms with Gasteiger partial charge in [-0.2, -0.15) is 0 Å². The van der Waals surface area contributed by atoms with E-state index in [9.17, 15) is 9.59 Å². The number of hydrogen-bond donors (Lipinski definition) is 0. The van der Waals surface area contributed by atoms with Crippen molar-refractivity contribution in [3.8, 4) is 0 Å². The Bertz CT molecular complexity index is 420. The van der Waals surface area contributed by atoms with E-state index in [2.05, 4.69) is 0 Å². The standard InChI is InChI=1S/C13H17NO3/c1-10-6-5-7-11(9-15)8-14(10)12(16)17-13(2,3)4/h5-7H,8H2,1-4H3. The molecule has 0 N–H and O–H groups in total. The van der Waals surface area contributed by atoms with E-state index in [1.165, 1.54) is 4.90 Å². The van der Waals surface area contributed by atoms with E-state index in [0.717, 1.165) is 5.70 Å². The van der Waals surface area contributed by atoms with Crippen LogP contribution in [0, 0.1) is 0 Å². The van der Waals surface area contributed by atoms with Crippen LogP contribution < -0.4 is 0 Å². The van der Waals surface area contributed by atoms with Crippen LogP contribution in [0.2, 0.25) is 0 Å². The lowest BCUT2D eigenvalue weighted by atomic mass is 10.2. The molecule has 0 unspecified atom stereocenters. The van der Waals surface area contributed by atoms with Crippen molar-refractivity contribution in [2.45, 2.75) is 33.3 Å². The van der Waals surface area contributed by atoms with E-state index >= 15 is 0 Å². The smallest absolute Gasteiger partial charge is 0.414 e. The fraction of sp³-hybridized carbons (Fsp3) is 0.462. The Balaban J connectivity index is 2.88. The maximum atomic E-state index is 11.9. The minimum absolute atomic E-state index is 0.192. The van der Waals surface area contributed by atoms with E-state index in [4.69, 9.17) is 4.74 Å². The zero-order valence-electron chi connectivity index (χ0n) is 10.6. The molecule has 0 aliphatic carbocycles. The van der Waals surface area contributed by atoms with Gasteiger partial charge < -0.3 is 4.74 Å². The fourth-order valence-corrected chi connectivity index (χ4v) is 1.33. The Hall–Kier alpha value is -1.80. The quantitative estimate of drug-likeness (QED) is 0.606. The van der Waals surface area contributed by atoms with E-state index in [0.29, 0.717) is 5.57 Å². The third-order valence-corrected chi connectivity index (χ3v) is 2.13. The number of amides is 1. The van der Waals surface area contributed by atoms with Crippen molar-refractivity contribution in [1.82, 2.24) is 4.90 Å². The van der Waals surface area contributed by atoms with E-state index in [1.54, 1.807) is 45.9 Å². The predicted octanol–water partition coefficient (Wildman–Crippen LogP) is 2.46. The first-order chi connectivity index (χ1) is 7.83. The number of rotatable bonds is 0. The average Bonchev–Trinajstić information content (AvgIpc) is 2.37. The summed E-state index contributed by atoms with van der Waals surface area (Å²) in [5.74, 6) is 1.81. The van der Waals surface area contributed by atoms with Gasteiger partial charge in [0.05, 0.1) is 12.1 Å². The van der Waals surface area contributed by atoms with Gasteiger partial charge in [0.25, 0.3) is 0 Å². The van der Waals surface area contributed by atoms with Crippen LogP contribution in [0.3, 0.4) is 0 Å². The van der Waals surface area contributed by atoms with Gasteiger partial charge >= 0.3 is 6.09 Å². The molecule has 0 saturated heterocycles. The fourth-order valence-electron chi connectivity index (χ4n) is 1.33. The average molecular weight is 235 g/mol. The van der Waals surface area contributed by atoms with Gasteiger partial charge in [0, 0.05) is 5.70 Å². The van der Waals surface area contributed by atoms with Crippen LogP contribution in [-0.2, 0) is 9.53 Å². The van der Waals surface area contributed by atoms with Crippen molar-refractivity contribution in [1.29, 1.82) is 0 Å². The Morgan fingerprint density at radius 1 is 1.47 bits per heavy atom. The first-order valence-corrected chi connectivity index (χ1v) is 5.43. The van der Waals surface area contributed by atoms with Crippen molar-refractivity contribution in [3.05, 3.63) is 29.5 Å². The normalized spacial score (nSPS) is 16.1. The van der Waals surface area contributed by atoms with Gasteiger partial charge in [-0.25, -0.2) is 9.59 Å². The number of hydrogen-bond acceptors (Lipinski definition) is 3. The highest BCUT2D eigenvalue weighted by atomic mass is 16.6. The molecule has 0 radical (unpaired) electrons. The Labute approximate surface area is 101 Å². The number of allylic oxidation sites excluding steroid dienone is 3. The monoisotopic (exact) mass is 235 g/mol. The number of carbonyl (C=O) groups is 1. The van der Waals surface area contributed by atoms with Crippen LogP contribution in [0.1, 0.15) is 27.7 Å². The molecule has 0 atom stereocenters. The Morgan fingerprint density at radius 2 is 2.12 bits per heavy atom. The summed E-state index contributed by atoms with van der Waals surface area (Å²) in [6.45, 7) is 7.39. The van der Waals surface area contributed by atoms with E-state index < -0.39 is 11.7 Å². The first-order valence-electron chi connectivity index (χ1n) is 5.43. The lowest BCUT2D eigenvalue weighted by molar-refractivity contribution is 0.0330. The van der Waals surface area contributed by atoms with Crippen LogP contribution in [0.4, 0.5) is 4.79 Å². The molecule has 0 fully saturated rings. The van der Waals surface area contributed by atoms with Gasteiger partial charge in [-0.3, -0.25) is 4.90 Å². The van der Waals surface area contributed by atoms with Crippen LogP contribution in [0.25, 0.3) is 0 Å². The van der Waals surface area contributed by atoms with Gasteiger partial charge in [-0.05, 0) is 39.8 Å². The lowest BCUT2D eigenvalue weighted by Crippen LogP contribution is -2.36.